The van der Waals surface area contributed by atoms with E-state index in [4.69, 9.17) is 11.6 Å². The fourth-order valence-corrected chi connectivity index (χ4v) is 3.71. The summed E-state index contributed by atoms with van der Waals surface area (Å²) in [6.45, 7) is 9.18. The van der Waals surface area contributed by atoms with E-state index in [0.717, 1.165) is 23.7 Å². The number of rotatable bonds is 6. The molecule has 0 radical (unpaired) electrons. The zero-order valence-electron chi connectivity index (χ0n) is 14.5. The summed E-state index contributed by atoms with van der Waals surface area (Å²) in [7, 11) is 0. The number of carbonyl (C=O) groups is 1. The molecular weight excluding hydrogens is 308 g/mol. The number of halogens is 1. The van der Waals surface area contributed by atoms with Gasteiger partial charge in [-0.05, 0) is 49.4 Å². The number of hydrogen-bond acceptors (Lipinski definition) is 2. The summed E-state index contributed by atoms with van der Waals surface area (Å²) in [4.78, 5) is 12.3. The zero-order chi connectivity index (χ0) is 16.9. The van der Waals surface area contributed by atoms with Gasteiger partial charge in [-0.3, -0.25) is 4.79 Å². The first kappa shape index (κ1) is 18.3. The molecule has 23 heavy (non-hydrogen) atoms. The molecule has 3 nitrogen and oxygen atoms in total. The van der Waals surface area contributed by atoms with Crippen molar-refractivity contribution in [1.29, 1.82) is 0 Å². The Morgan fingerprint density at radius 3 is 2.83 bits per heavy atom. The summed E-state index contributed by atoms with van der Waals surface area (Å²) in [5.41, 5.74) is 0.899. The quantitative estimate of drug-likeness (QED) is 0.830. The van der Waals surface area contributed by atoms with Crippen LogP contribution in [-0.2, 0) is 10.2 Å². The lowest BCUT2D eigenvalue weighted by molar-refractivity contribution is -0.122. The minimum atomic E-state index is -0.177. The molecule has 1 saturated heterocycles. The highest BCUT2D eigenvalue weighted by molar-refractivity contribution is 6.31. The predicted molar refractivity (Wildman–Crippen MR) is 96.9 cm³/mol. The molecule has 0 bridgehead atoms. The van der Waals surface area contributed by atoms with E-state index in [1.54, 1.807) is 0 Å². The van der Waals surface area contributed by atoms with Gasteiger partial charge in [-0.2, -0.15) is 0 Å². The Bertz CT molecular complexity index is 524. The molecule has 1 aromatic carbocycles. The third kappa shape index (κ3) is 5.22. The lowest BCUT2D eigenvalue weighted by Gasteiger charge is -2.29. The summed E-state index contributed by atoms with van der Waals surface area (Å²) in [6, 6.07) is 7.85. The van der Waals surface area contributed by atoms with Crippen molar-refractivity contribution in [2.24, 2.45) is 11.8 Å². The van der Waals surface area contributed by atoms with Crippen molar-refractivity contribution in [2.45, 2.75) is 45.4 Å². The lowest BCUT2D eigenvalue weighted by Crippen LogP contribution is -2.39. The zero-order valence-corrected chi connectivity index (χ0v) is 15.2. The Morgan fingerprint density at radius 2 is 2.17 bits per heavy atom. The van der Waals surface area contributed by atoms with Crippen molar-refractivity contribution >= 4 is 17.5 Å². The number of benzene rings is 1. The minimum absolute atomic E-state index is 0.142. The molecule has 0 spiro atoms. The Balaban J connectivity index is 1.84. The first-order valence-corrected chi connectivity index (χ1v) is 9.00. The Morgan fingerprint density at radius 1 is 1.43 bits per heavy atom. The van der Waals surface area contributed by atoms with Gasteiger partial charge in [0.05, 0.1) is 0 Å². The fourth-order valence-electron chi connectivity index (χ4n) is 3.32. The van der Waals surface area contributed by atoms with Gasteiger partial charge in [0.2, 0.25) is 5.91 Å². The van der Waals surface area contributed by atoms with Gasteiger partial charge in [0.25, 0.3) is 0 Å². The molecule has 1 aliphatic rings. The van der Waals surface area contributed by atoms with E-state index in [9.17, 15) is 4.79 Å². The molecule has 2 atom stereocenters. The van der Waals surface area contributed by atoms with E-state index in [1.165, 1.54) is 12.8 Å². The van der Waals surface area contributed by atoms with Crippen LogP contribution in [0.15, 0.2) is 24.3 Å². The molecule has 128 valence electrons. The van der Waals surface area contributed by atoms with Crippen LogP contribution in [0.2, 0.25) is 5.02 Å². The molecule has 1 aromatic rings. The molecular formula is C19H29ClN2O. The van der Waals surface area contributed by atoms with Crippen LogP contribution >= 0.6 is 11.6 Å². The first-order valence-electron chi connectivity index (χ1n) is 8.62. The maximum absolute atomic E-state index is 12.3. The van der Waals surface area contributed by atoms with Gasteiger partial charge in [0.15, 0.2) is 0 Å². The molecule has 0 saturated carbocycles. The third-order valence-corrected chi connectivity index (χ3v) is 5.31. The Kier molecular flexibility index (Phi) is 6.49. The van der Waals surface area contributed by atoms with E-state index >= 15 is 0 Å². The van der Waals surface area contributed by atoms with Crippen LogP contribution in [0.4, 0.5) is 0 Å². The van der Waals surface area contributed by atoms with Crippen LogP contribution in [0.25, 0.3) is 0 Å². The molecule has 1 aliphatic heterocycles. The van der Waals surface area contributed by atoms with E-state index < -0.39 is 0 Å². The van der Waals surface area contributed by atoms with E-state index in [-0.39, 0.29) is 11.3 Å². The predicted octanol–water partition coefficient (Wildman–Crippen LogP) is 3.76. The van der Waals surface area contributed by atoms with Gasteiger partial charge in [-0.25, -0.2) is 0 Å². The van der Waals surface area contributed by atoms with E-state index in [0.29, 0.717) is 24.8 Å². The van der Waals surface area contributed by atoms with Crippen LogP contribution in [0, 0.1) is 11.8 Å². The summed E-state index contributed by atoms with van der Waals surface area (Å²) >= 11 is 6.29. The minimum Gasteiger partial charge on any atom is -0.355 e. The third-order valence-electron chi connectivity index (χ3n) is 4.98. The SMILES string of the molecule is CC(CC(=O)NCC(C)(C)c1ccccc1Cl)C1CCCNC1. The molecule has 2 unspecified atom stereocenters. The average molecular weight is 337 g/mol. The van der Waals surface area contributed by atoms with Crippen LogP contribution in [0.5, 0.6) is 0 Å². The molecule has 2 rings (SSSR count). The van der Waals surface area contributed by atoms with Crippen molar-refractivity contribution in [3.8, 4) is 0 Å². The molecule has 1 amide bonds. The number of hydrogen-bond donors (Lipinski definition) is 2. The van der Waals surface area contributed by atoms with Crippen molar-refractivity contribution in [3.63, 3.8) is 0 Å². The number of carbonyl (C=O) groups excluding carboxylic acids is 1. The molecule has 1 fully saturated rings. The number of piperidine rings is 1. The summed E-state index contributed by atoms with van der Waals surface area (Å²) in [5.74, 6) is 1.18. The average Bonchev–Trinajstić information content (AvgIpc) is 2.54. The second-order valence-corrected chi connectivity index (χ2v) is 7.84. The van der Waals surface area contributed by atoms with Gasteiger partial charge < -0.3 is 10.6 Å². The molecule has 1 heterocycles. The fraction of sp³-hybridized carbons (Fsp3) is 0.632. The van der Waals surface area contributed by atoms with Crippen molar-refractivity contribution in [2.75, 3.05) is 19.6 Å². The lowest BCUT2D eigenvalue weighted by atomic mass is 9.83. The highest BCUT2D eigenvalue weighted by Gasteiger charge is 2.25. The first-order chi connectivity index (χ1) is 10.9. The van der Waals surface area contributed by atoms with Gasteiger partial charge >= 0.3 is 0 Å². The summed E-state index contributed by atoms with van der Waals surface area (Å²) in [5, 5.41) is 7.29. The summed E-state index contributed by atoms with van der Waals surface area (Å²) in [6.07, 6.45) is 3.05. The summed E-state index contributed by atoms with van der Waals surface area (Å²) < 4.78 is 0. The van der Waals surface area contributed by atoms with Crippen molar-refractivity contribution < 1.29 is 4.79 Å². The second-order valence-electron chi connectivity index (χ2n) is 7.43. The molecule has 0 aromatic heterocycles. The highest BCUT2D eigenvalue weighted by atomic mass is 35.5. The largest absolute Gasteiger partial charge is 0.355 e. The number of nitrogens with one attached hydrogen (secondary N) is 2. The molecule has 2 N–H and O–H groups in total. The molecule has 4 heteroatoms. The van der Waals surface area contributed by atoms with E-state index in [2.05, 4.69) is 31.4 Å². The Hall–Kier alpha value is -1.06. The van der Waals surface area contributed by atoms with Crippen molar-refractivity contribution in [3.05, 3.63) is 34.9 Å². The highest BCUT2D eigenvalue weighted by Crippen LogP contribution is 2.29. The van der Waals surface area contributed by atoms with Crippen LogP contribution in [0.1, 0.15) is 45.6 Å². The standard InChI is InChI=1S/C19H29ClN2O/c1-14(15-7-6-10-21-12-15)11-18(23)22-13-19(2,3)16-8-4-5-9-17(16)20/h4-5,8-9,14-15,21H,6-7,10-13H2,1-3H3,(H,22,23). The van der Waals surface area contributed by atoms with Gasteiger partial charge in [0.1, 0.15) is 0 Å². The maximum atomic E-state index is 12.3. The maximum Gasteiger partial charge on any atom is 0.220 e. The number of amides is 1. The van der Waals surface area contributed by atoms with E-state index in [1.807, 2.05) is 24.3 Å². The monoisotopic (exact) mass is 336 g/mol. The molecule has 0 aliphatic carbocycles. The normalized spacial score (nSPS) is 20.1. The second kappa shape index (κ2) is 8.16. The van der Waals surface area contributed by atoms with Crippen LogP contribution in [0.3, 0.4) is 0 Å². The smallest absolute Gasteiger partial charge is 0.220 e. The van der Waals surface area contributed by atoms with Crippen molar-refractivity contribution in [1.82, 2.24) is 10.6 Å². The van der Waals surface area contributed by atoms with Crippen LogP contribution in [-0.4, -0.2) is 25.5 Å². The van der Waals surface area contributed by atoms with Gasteiger partial charge in [-0.15, -0.1) is 0 Å². The van der Waals surface area contributed by atoms with Gasteiger partial charge in [0, 0.05) is 23.4 Å². The topological polar surface area (TPSA) is 41.1 Å². The Labute approximate surface area is 145 Å². The van der Waals surface area contributed by atoms with Gasteiger partial charge in [-0.1, -0.05) is 50.6 Å². The van der Waals surface area contributed by atoms with Crippen LogP contribution < -0.4 is 10.6 Å².